The molecule has 0 saturated carbocycles. The van der Waals surface area contributed by atoms with Gasteiger partial charge in [-0.15, -0.1) is 0 Å². The Morgan fingerprint density at radius 3 is 2.58 bits per heavy atom. The summed E-state index contributed by atoms with van der Waals surface area (Å²) in [5.41, 5.74) is 3.04. The molecule has 0 aliphatic carbocycles. The summed E-state index contributed by atoms with van der Waals surface area (Å²) in [6.07, 6.45) is 13.9. The molecule has 1 aromatic heterocycles. The van der Waals surface area contributed by atoms with Crippen LogP contribution < -0.4 is 0 Å². The first-order valence-electron chi connectivity index (χ1n) is 6.41. The average molecular weight is 250 g/mol. The largest absolute Gasteiger partial charge is 0.455 e. The summed E-state index contributed by atoms with van der Waals surface area (Å²) in [5, 5.41) is 1.10. The predicted molar refractivity (Wildman–Crippen MR) is 84.9 cm³/mol. The van der Waals surface area contributed by atoms with Gasteiger partial charge in [-0.05, 0) is 19.9 Å². The zero-order chi connectivity index (χ0) is 13.7. The van der Waals surface area contributed by atoms with Gasteiger partial charge in [-0.25, -0.2) is 0 Å². The van der Waals surface area contributed by atoms with Gasteiger partial charge in [0.15, 0.2) is 0 Å². The van der Waals surface area contributed by atoms with Gasteiger partial charge >= 0.3 is 0 Å². The lowest BCUT2D eigenvalue weighted by atomic mass is 10.1. The lowest BCUT2D eigenvalue weighted by Crippen LogP contribution is -1.74. The second kappa shape index (κ2) is 6.05. The van der Waals surface area contributed by atoms with E-state index >= 15 is 0 Å². The first-order valence-corrected chi connectivity index (χ1v) is 6.41. The maximum atomic E-state index is 5.96. The fourth-order valence-electron chi connectivity index (χ4n) is 2.07. The van der Waals surface area contributed by atoms with Crippen LogP contribution in [0.4, 0.5) is 0 Å². The number of benzene rings is 1. The number of furan rings is 1. The van der Waals surface area contributed by atoms with Gasteiger partial charge in [0.25, 0.3) is 0 Å². The van der Waals surface area contributed by atoms with Crippen molar-refractivity contribution in [1.82, 2.24) is 0 Å². The Hall–Kier alpha value is -2.28. The highest BCUT2D eigenvalue weighted by atomic mass is 16.3. The molecule has 0 fully saturated rings. The summed E-state index contributed by atoms with van der Waals surface area (Å²) in [6, 6.07) is 6.16. The van der Waals surface area contributed by atoms with Crippen LogP contribution in [0.25, 0.3) is 29.2 Å². The molecule has 2 aromatic rings. The quantitative estimate of drug-likeness (QED) is 0.634. The van der Waals surface area contributed by atoms with E-state index < -0.39 is 0 Å². The molecule has 0 unspecified atom stereocenters. The van der Waals surface area contributed by atoms with E-state index in [1.807, 2.05) is 56.4 Å². The van der Waals surface area contributed by atoms with E-state index in [0.717, 1.165) is 27.9 Å². The average Bonchev–Trinajstić information content (AvgIpc) is 2.77. The van der Waals surface area contributed by atoms with Crippen LogP contribution in [0.1, 0.15) is 30.7 Å². The van der Waals surface area contributed by atoms with Crippen molar-refractivity contribution in [1.29, 1.82) is 0 Å². The van der Waals surface area contributed by atoms with Gasteiger partial charge in [-0.3, -0.25) is 0 Å². The Bertz CT molecular complexity index is 666. The Kier molecular flexibility index (Phi) is 4.19. The molecule has 0 radical (unpaired) electrons. The zero-order valence-electron chi connectivity index (χ0n) is 11.4. The van der Waals surface area contributed by atoms with Gasteiger partial charge in [0, 0.05) is 16.5 Å². The van der Waals surface area contributed by atoms with Gasteiger partial charge in [0.05, 0.1) is 0 Å². The molecule has 1 aromatic carbocycles. The van der Waals surface area contributed by atoms with Crippen molar-refractivity contribution < 1.29 is 4.42 Å². The number of fused-ring (bicyclic) bond motifs is 1. The van der Waals surface area contributed by atoms with Crippen LogP contribution in [0.5, 0.6) is 0 Å². The summed E-state index contributed by atoms with van der Waals surface area (Å²) < 4.78 is 5.96. The third-order valence-electron chi connectivity index (χ3n) is 2.91. The zero-order valence-corrected chi connectivity index (χ0v) is 11.4. The lowest BCUT2D eigenvalue weighted by molar-refractivity contribution is 0.602. The van der Waals surface area contributed by atoms with Gasteiger partial charge in [0.2, 0.25) is 0 Å². The van der Waals surface area contributed by atoms with E-state index in [4.69, 9.17) is 4.42 Å². The Balaban J connectivity index is 2.65. The van der Waals surface area contributed by atoms with Gasteiger partial charge < -0.3 is 4.42 Å². The standard InChI is InChI=1S/C18H18O/c1-4-7-8-11-14-12-9-13-16-15(6-3)17(10-5-2)19-18(14)16/h4-13H,3H2,1-2H3/b7-4-,10-5-,11-8-. The van der Waals surface area contributed by atoms with E-state index in [9.17, 15) is 0 Å². The molecule has 0 bridgehead atoms. The smallest absolute Gasteiger partial charge is 0.142 e. The molecule has 0 atom stereocenters. The molecule has 0 aliphatic heterocycles. The van der Waals surface area contributed by atoms with Crippen molar-refractivity contribution in [3.63, 3.8) is 0 Å². The molecule has 1 heterocycles. The maximum Gasteiger partial charge on any atom is 0.142 e. The Morgan fingerprint density at radius 1 is 1.05 bits per heavy atom. The molecule has 19 heavy (non-hydrogen) atoms. The first kappa shape index (κ1) is 13.2. The maximum absolute atomic E-state index is 5.96. The van der Waals surface area contributed by atoms with E-state index in [2.05, 4.69) is 24.8 Å². The molecule has 0 aliphatic rings. The van der Waals surface area contributed by atoms with Gasteiger partial charge in [0.1, 0.15) is 11.3 Å². The molecule has 0 saturated heterocycles. The van der Waals surface area contributed by atoms with Crippen LogP contribution in [0, 0.1) is 0 Å². The van der Waals surface area contributed by atoms with Crippen molar-refractivity contribution in [2.45, 2.75) is 13.8 Å². The summed E-state index contributed by atoms with van der Waals surface area (Å²) in [4.78, 5) is 0. The van der Waals surface area contributed by atoms with Crippen LogP contribution in [-0.4, -0.2) is 0 Å². The third-order valence-corrected chi connectivity index (χ3v) is 2.91. The van der Waals surface area contributed by atoms with E-state index in [1.54, 1.807) is 0 Å². The van der Waals surface area contributed by atoms with E-state index in [1.165, 1.54) is 0 Å². The molecule has 2 rings (SSSR count). The van der Waals surface area contributed by atoms with E-state index in [0.29, 0.717) is 0 Å². The topological polar surface area (TPSA) is 13.1 Å². The molecule has 0 N–H and O–H groups in total. The number of allylic oxidation sites excluding steroid dienone is 4. The van der Waals surface area contributed by atoms with Gasteiger partial charge in [-0.2, -0.15) is 0 Å². The van der Waals surface area contributed by atoms with Crippen LogP contribution in [0.2, 0.25) is 0 Å². The summed E-state index contributed by atoms with van der Waals surface area (Å²) >= 11 is 0. The number of hydrogen-bond donors (Lipinski definition) is 0. The number of para-hydroxylation sites is 1. The molecular weight excluding hydrogens is 232 g/mol. The van der Waals surface area contributed by atoms with Crippen LogP contribution in [-0.2, 0) is 0 Å². The lowest BCUT2D eigenvalue weighted by Gasteiger charge is -1.94. The first-order chi connectivity index (χ1) is 9.31. The predicted octanol–water partition coefficient (Wildman–Crippen LogP) is 5.70. The van der Waals surface area contributed by atoms with Crippen molar-refractivity contribution in [2.24, 2.45) is 0 Å². The fraction of sp³-hybridized carbons (Fsp3) is 0.111. The van der Waals surface area contributed by atoms with E-state index in [-0.39, 0.29) is 0 Å². The van der Waals surface area contributed by atoms with Crippen LogP contribution in [0.15, 0.2) is 53.5 Å². The monoisotopic (exact) mass is 250 g/mol. The molecule has 0 amide bonds. The summed E-state index contributed by atoms with van der Waals surface area (Å²) in [5.74, 6) is 0.861. The molecule has 1 heteroatoms. The molecule has 0 spiro atoms. The van der Waals surface area contributed by atoms with Crippen molar-refractivity contribution in [2.75, 3.05) is 0 Å². The van der Waals surface area contributed by atoms with Gasteiger partial charge in [-0.1, -0.05) is 61.2 Å². The highest BCUT2D eigenvalue weighted by Gasteiger charge is 2.11. The van der Waals surface area contributed by atoms with Crippen molar-refractivity contribution >= 4 is 29.2 Å². The normalized spacial score (nSPS) is 12.3. The van der Waals surface area contributed by atoms with Crippen molar-refractivity contribution in [3.8, 4) is 0 Å². The molecular formula is C18H18O. The second-order valence-corrected chi connectivity index (χ2v) is 4.19. The fourth-order valence-corrected chi connectivity index (χ4v) is 2.07. The SMILES string of the molecule is C=Cc1c(/C=C\C)oc2c(/C=C\C=C/C)cccc12. The Labute approximate surface area is 114 Å². The minimum atomic E-state index is 0.861. The molecule has 1 nitrogen and oxygen atoms in total. The molecule has 96 valence electrons. The minimum absolute atomic E-state index is 0.861. The minimum Gasteiger partial charge on any atom is -0.455 e. The van der Waals surface area contributed by atoms with Crippen molar-refractivity contribution in [3.05, 3.63) is 66.0 Å². The highest BCUT2D eigenvalue weighted by molar-refractivity contribution is 5.95. The highest BCUT2D eigenvalue weighted by Crippen LogP contribution is 2.31. The second-order valence-electron chi connectivity index (χ2n) is 4.19. The summed E-state index contributed by atoms with van der Waals surface area (Å²) in [6.45, 7) is 7.86. The third kappa shape index (κ3) is 2.60. The number of rotatable bonds is 4. The van der Waals surface area contributed by atoms with Crippen LogP contribution in [0.3, 0.4) is 0 Å². The number of hydrogen-bond acceptors (Lipinski definition) is 1. The Morgan fingerprint density at radius 2 is 1.89 bits per heavy atom. The summed E-state index contributed by atoms with van der Waals surface area (Å²) in [7, 11) is 0. The van der Waals surface area contributed by atoms with Crippen LogP contribution >= 0.6 is 0 Å².